The molecular weight excluding hydrogens is 1050 g/mol. The highest BCUT2D eigenvalue weighted by molar-refractivity contribution is 6.06. The van der Waals surface area contributed by atoms with Crippen molar-refractivity contribution in [3.05, 3.63) is 130 Å². The number of amides is 3. The van der Waals surface area contributed by atoms with Gasteiger partial charge in [0.1, 0.15) is 47.8 Å². The van der Waals surface area contributed by atoms with Crippen LogP contribution in [0.4, 0.5) is 23.4 Å². The molecule has 12 rings (SSSR count). The highest BCUT2D eigenvalue weighted by Crippen LogP contribution is 2.53. The van der Waals surface area contributed by atoms with Crippen LogP contribution in [0.5, 0.6) is 11.8 Å². The zero-order valence-corrected chi connectivity index (χ0v) is 45.3. The van der Waals surface area contributed by atoms with Gasteiger partial charge < -0.3 is 45.1 Å². The number of nitrogens with one attached hydrogen (secondary N) is 4. The predicted octanol–water partition coefficient (Wildman–Crippen LogP) is 8.86. The van der Waals surface area contributed by atoms with Gasteiger partial charge in [-0.15, -0.1) is 0 Å². The first kappa shape index (κ1) is 53.9. The van der Waals surface area contributed by atoms with Crippen molar-refractivity contribution >= 4 is 45.3 Å². The third kappa shape index (κ3) is 10.5. The van der Waals surface area contributed by atoms with Crippen molar-refractivity contribution in [1.29, 1.82) is 0 Å². The first-order valence-electron chi connectivity index (χ1n) is 27.9. The van der Waals surface area contributed by atoms with Gasteiger partial charge in [-0.3, -0.25) is 19.5 Å². The molecule has 2 aromatic heterocycles. The van der Waals surface area contributed by atoms with Gasteiger partial charge in [0, 0.05) is 78.4 Å². The van der Waals surface area contributed by atoms with Crippen molar-refractivity contribution in [1.82, 2.24) is 41.0 Å². The molecule has 0 spiro atoms. The van der Waals surface area contributed by atoms with Crippen LogP contribution in [0.2, 0.25) is 0 Å². The number of fused-ring (bicyclic) bond motifs is 4. The standard InChI is InChI=1S/C61H63F4N9O7/c1-30(2)54(60(78)74-28-40(75)22-49(74)59(77)68-32(4)34-9-13-36(14-10-34)51-45(62)15-16-46(63)53(51)65)69-58(76)37-7-5-33(6-8-37)29-80-56-52(50-31(3)47(64)24-48-44(50)26-67-72-48)42(35-11-12-35)23-43-55(56)70-61(81-41-17-19-79-20-18-41)71-57(43)73-27-38-21-39(73)25-66-38/h5-10,13-16,23-24,26,30,32,35,38-41,49,54,66,75H,11-12,17-22,25,27-29H2,1-4H3,(H,67,72)(H,68,77)(H,69,76)/t32-,38-,39-,40+,49-,54-/m0/s1. The molecule has 4 saturated heterocycles. The van der Waals surface area contributed by atoms with Gasteiger partial charge in [-0.05, 0) is 109 Å². The molecule has 1 saturated carbocycles. The molecule has 2 bridgehead atoms. The molecule has 81 heavy (non-hydrogen) atoms. The van der Waals surface area contributed by atoms with Crippen LogP contribution in [-0.4, -0.2) is 117 Å². The van der Waals surface area contributed by atoms with E-state index in [4.69, 9.17) is 24.2 Å². The van der Waals surface area contributed by atoms with Gasteiger partial charge in [0.2, 0.25) is 11.8 Å². The van der Waals surface area contributed by atoms with Crippen molar-refractivity contribution in [3.63, 3.8) is 0 Å². The normalized spacial score (nSPS) is 20.8. The van der Waals surface area contributed by atoms with Crippen molar-refractivity contribution in [2.45, 2.75) is 121 Å². The summed E-state index contributed by atoms with van der Waals surface area (Å²) in [5, 5.41) is 29.1. The summed E-state index contributed by atoms with van der Waals surface area (Å²) in [5.41, 5.74) is 5.04. The van der Waals surface area contributed by atoms with Crippen LogP contribution in [0, 0.1) is 36.1 Å². The van der Waals surface area contributed by atoms with Crippen LogP contribution >= 0.6 is 0 Å². The molecule has 20 heteroatoms. The van der Waals surface area contributed by atoms with Crippen molar-refractivity contribution < 1.29 is 51.3 Å². The number of likely N-dealkylation sites (tertiary alicyclic amines) is 1. The molecule has 16 nitrogen and oxygen atoms in total. The summed E-state index contributed by atoms with van der Waals surface area (Å²) in [4.78, 5) is 56.4. The fourth-order valence-corrected chi connectivity index (χ4v) is 12.1. The van der Waals surface area contributed by atoms with E-state index in [-0.39, 0.29) is 54.8 Å². The SMILES string of the molecule is Cc1c(F)cc2[nH]ncc2c1-c1c(C2CC2)cc2c(N3C[C@@H]4C[C@H]3CN4)nc(OC3CCOCC3)nc2c1OCc1ccc(C(=O)N[C@H](C(=O)N2C[C@H](O)C[C@H]2C(=O)N[C@@H](C)c2ccc(-c3c(F)ccc(F)c3F)cc2)C(C)C)cc1. The van der Waals surface area contributed by atoms with E-state index in [0.717, 1.165) is 66.1 Å². The maximum absolute atomic E-state index is 16.1. The minimum atomic E-state index is -1.31. The number of benzene rings is 5. The molecule has 5 aromatic carbocycles. The zero-order valence-electron chi connectivity index (χ0n) is 45.3. The number of aromatic nitrogens is 4. The average molecular weight is 1110 g/mol. The molecule has 0 radical (unpaired) electrons. The molecule has 6 heterocycles. The second kappa shape index (κ2) is 22.0. The van der Waals surface area contributed by atoms with Gasteiger partial charge in [0.05, 0.1) is 42.6 Å². The zero-order chi connectivity index (χ0) is 56.4. The van der Waals surface area contributed by atoms with E-state index in [9.17, 15) is 32.7 Å². The van der Waals surface area contributed by atoms with E-state index in [1.165, 1.54) is 23.1 Å². The third-order valence-electron chi connectivity index (χ3n) is 16.7. The van der Waals surface area contributed by atoms with E-state index >= 15 is 4.39 Å². The number of ether oxygens (including phenoxy) is 3. The van der Waals surface area contributed by atoms with E-state index in [1.807, 2.05) is 0 Å². The molecule has 422 valence electrons. The Balaban J connectivity index is 0.802. The van der Waals surface area contributed by atoms with E-state index in [2.05, 4.69) is 37.1 Å². The summed E-state index contributed by atoms with van der Waals surface area (Å²) in [6.07, 6.45) is 4.76. The fourth-order valence-electron chi connectivity index (χ4n) is 12.1. The number of hydrogen-bond acceptors (Lipinski definition) is 12. The Labute approximate surface area is 464 Å². The Hall–Kier alpha value is -7.68. The molecule has 4 aliphatic heterocycles. The molecule has 6 atom stereocenters. The Morgan fingerprint density at radius 1 is 0.840 bits per heavy atom. The second-order valence-electron chi connectivity index (χ2n) is 22.6. The summed E-state index contributed by atoms with van der Waals surface area (Å²) in [5.74, 6) is -4.46. The summed E-state index contributed by atoms with van der Waals surface area (Å²) in [6.45, 7) is 9.63. The number of aliphatic hydroxyl groups is 1. The number of aliphatic hydroxyl groups excluding tert-OH is 1. The third-order valence-corrected chi connectivity index (χ3v) is 16.7. The van der Waals surface area contributed by atoms with Crippen LogP contribution in [0.3, 0.4) is 0 Å². The van der Waals surface area contributed by atoms with Crippen LogP contribution in [0.15, 0.2) is 79.0 Å². The lowest BCUT2D eigenvalue weighted by atomic mass is 9.88. The van der Waals surface area contributed by atoms with E-state index in [0.29, 0.717) is 77.2 Å². The minimum absolute atomic E-state index is 0.0293. The number of β-amino-alcohol motifs (C(OH)–C–C–N with tert-alkyl or cyclic N) is 1. The number of nitrogens with zero attached hydrogens (tertiary/aromatic N) is 5. The average Bonchev–Trinajstić information content (AvgIpc) is 4.03. The van der Waals surface area contributed by atoms with Crippen LogP contribution in [0.25, 0.3) is 44.1 Å². The van der Waals surface area contributed by atoms with Crippen molar-refractivity contribution in [2.75, 3.05) is 37.7 Å². The fraction of sp³-hybridized carbons (Fsp3) is 0.410. The van der Waals surface area contributed by atoms with Crippen LogP contribution in [-0.2, 0) is 20.9 Å². The van der Waals surface area contributed by atoms with Crippen molar-refractivity contribution in [2.24, 2.45) is 5.92 Å². The topological polar surface area (TPSA) is 196 Å². The molecule has 0 unspecified atom stereocenters. The van der Waals surface area contributed by atoms with Gasteiger partial charge in [-0.25, -0.2) is 17.6 Å². The molecule has 5 N–H and O–H groups in total. The Bertz CT molecular complexity index is 3570. The highest BCUT2D eigenvalue weighted by atomic mass is 19.2. The lowest BCUT2D eigenvalue weighted by Crippen LogP contribution is -2.55. The number of aromatic amines is 1. The number of carbonyl (C=O) groups excluding carboxylic acids is 3. The quantitative estimate of drug-likeness (QED) is 0.0456. The van der Waals surface area contributed by atoms with Gasteiger partial charge in [0.25, 0.3) is 5.91 Å². The smallest absolute Gasteiger partial charge is 0.319 e. The second-order valence-corrected chi connectivity index (χ2v) is 22.6. The van der Waals surface area contributed by atoms with Crippen LogP contribution in [0.1, 0.15) is 104 Å². The Morgan fingerprint density at radius 3 is 2.30 bits per heavy atom. The molecule has 5 aliphatic rings. The minimum Gasteiger partial charge on any atom is -0.486 e. The maximum Gasteiger partial charge on any atom is 0.319 e. The predicted molar refractivity (Wildman–Crippen MR) is 295 cm³/mol. The summed E-state index contributed by atoms with van der Waals surface area (Å²) < 4.78 is 78.4. The molecule has 1 aliphatic carbocycles. The molecule has 5 fully saturated rings. The number of piperazine rings is 1. The monoisotopic (exact) mass is 1110 g/mol. The molecular formula is C61H63F4N9O7. The number of H-pyrrole nitrogens is 1. The van der Waals surface area contributed by atoms with E-state index < -0.39 is 76.7 Å². The number of anilines is 1. The summed E-state index contributed by atoms with van der Waals surface area (Å²) in [7, 11) is 0. The lowest BCUT2D eigenvalue weighted by Gasteiger charge is -2.31. The van der Waals surface area contributed by atoms with Gasteiger partial charge in [0.15, 0.2) is 17.4 Å². The summed E-state index contributed by atoms with van der Waals surface area (Å²) in [6, 6.07) is 16.0. The van der Waals surface area contributed by atoms with Gasteiger partial charge >= 0.3 is 6.01 Å². The Kier molecular flexibility index (Phi) is 14.6. The highest BCUT2D eigenvalue weighted by Gasteiger charge is 2.44. The maximum atomic E-state index is 16.1. The number of carbonyl (C=O) groups is 3. The number of rotatable bonds is 16. The number of halogens is 4. The Morgan fingerprint density at radius 2 is 1.59 bits per heavy atom. The first-order chi connectivity index (χ1) is 39.1. The van der Waals surface area contributed by atoms with Gasteiger partial charge in [-0.1, -0.05) is 50.2 Å². The van der Waals surface area contributed by atoms with Crippen LogP contribution < -0.4 is 30.3 Å². The molecule has 7 aromatic rings. The lowest BCUT2D eigenvalue weighted by molar-refractivity contribution is -0.141. The number of hydrogen-bond donors (Lipinski definition) is 5. The van der Waals surface area contributed by atoms with Gasteiger partial charge in [-0.2, -0.15) is 15.1 Å². The van der Waals surface area contributed by atoms with Crippen molar-refractivity contribution in [3.8, 4) is 34.0 Å². The first-order valence-corrected chi connectivity index (χ1v) is 27.9. The van der Waals surface area contributed by atoms with E-state index in [1.54, 1.807) is 70.3 Å². The largest absolute Gasteiger partial charge is 0.486 e. The summed E-state index contributed by atoms with van der Waals surface area (Å²) >= 11 is 0. The molecule has 3 amide bonds.